The van der Waals surface area contributed by atoms with Crippen LogP contribution in [0.25, 0.3) is 16.6 Å². The predicted octanol–water partition coefficient (Wildman–Crippen LogP) is 3.22. The molecule has 10 heteroatoms. The summed E-state index contributed by atoms with van der Waals surface area (Å²) < 4.78 is 29.3. The zero-order chi connectivity index (χ0) is 23.2. The number of aromatic nitrogens is 5. The van der Waals surface area contributed by atoms with Gasteiger partial charge in [0.1, 0.15) is 17.5 Å². The monoisotopic (exact) mass is 463 g/mol. The molecule has 3 atom stereocenters. The Morgan fingerprint density at radius 3 is 2.76 bits per heavy atom. The summed E-state index contributed by atoms with van der Waals surface area (Å²) in [5, 5.41) is 14.8. The van der Waals surface area contributed by atoms with E-state index in [9.17, 15) is 4.39 Å². The lowest BCUT2D eigenvalue weighted by Crippen LogP contribution is -2.56. The predicted molar refractivity (Wildman–Crippen MR) is 125 cm³/mol. The van der Waals surface area contributed by atoms with Gasteiger partial charge in [0.15, 0.2) is 5.82 Å². The van der Waals surface area contributed by atoms with E-state index in [1.54, 1.807) is 17.8 Å². The summed E-state index contributed by atoms with van der Waals surface area (Å²) in [7, 11) is 1.67. The van der Waals surface area contributed by atoms with E-state index in [1.165, 1.54) is 4.68 Å². The first-order valence-electron chi connectivity index (χ1n) is 11.4. The van der Waals surface area contributed by atoms with Crippen molar-refractivity contribution in [1.82, 2.24) is 29.7 Å². The first-order valence-corrected chi connectivity index (χ1v) is 11.4. The molecule has 0 amide bonds. The Morgan fingerprint density at radius 1 is 1.18 bits per heavy atom. The third kappa shape index (κ3) is 4.10. The molecule has 176 valence electrons. The Hall–Kier alpha value is -3.50. The average Bonchev–Trinajstić information content (AvgIpc) is 3.35. The molecule has 0 spiro atoms. The number of aryl methyl sites for hydroxylation is 2. The Morgan fingerprint density at radius 2 is 2.00 bits per heavy atom. The number of hydrogen-bond donors (Lipinski definition) is 2. The molecule has 34 heavy (non-hydrogen) atoms. The number of morpholine rings is 1. The molecule has 2 saturated heterocycles. The largest absolute Gasteiger partial charge is 0.488 e. The molecular weight excluding hydrogens is 437 g/mol. The summed E-state index contributed by atoms with van der Waals surface area (Å²) in [4.78, 5) is 4.49. The van der Waals surface area contributed by atoms with Gasteiger partial charge in [-0.3, -0.25) is 9.67 Å². The summed E-state index contributed by atoms with van der Waals surface area (Å²) in [6.45, 7) is 3.43. The maximum absolute atomic E-state index is 13.9. The Bertz CT molecular complexity index is 1340. The molecule has 0 radical (unpaired) electrons. The smallest absolute Gasteiger partial charge is 0.256 e. The molecule has 4 aromatic heterocycles. The summed E-state index contributed by atoms with van der Waals surface area (Å²) >= 11 is 0. The van der Waals surface area contributed by atoms with Crippen LogP contribution >= 0.6 is 0 Å². The van der Waals surface area contributed by atoms with Crippen LogP contribution in [0.4, 0.5) is 15.9 Å². The van der Waals surface area contributed by atoms with E-state index in [1.807, 2.05) is 43.6 Å². The van der Waals surface area contributed by atoms with Crippen LogP contribution in [0.5, 0.6) is 5.75 Å². The van der Waals surface area contributed by atoms with Gasteiger partial charge in [-0.2, -0.15) is 9.49 Å². The summed E-state index contributed by atoms with van der Waals surface area (Å²) in [6, 6.07) is 8.63. The standard InChI is InChI=1S/C24H26FN7O2/c1-14-5-20(22(10-26-14)34-19-7-16-12-33-13-17(8-19)27-16)15-3-4-32-18(6-15)9-23(29-32)28-21-11-31(2)30-24(21)25/h3-6,9-11,16-17,19,27H,7-8,12-13H2,1-2H3,(H,28,29)/t16-,17+,19?. The SMILES string of the molecule is Cc1cc(-c2ccn3nc(Nc4cn(C)nc4F)cc3c2)c(OC2C[C@H]3COC[C@@H](C2)N3)cn1. The van der Waals surface area contributed by atoms with Crippen LogP contribution in [0.2, 0.25) is 0 Å². The molecule has 2 bridgehead atoms. The van der Waals surface area contributed by atoms with Gasteiger partial charge in [-0.1, -0.05) is 0 Å². The van der Waals surface area contributed by atoms with E-state index in [2.05, 4.69) is 25.8 Å². The molecular formula is C24H26FN7O2. The number of halogens is 1. The molecule has 2 N–H and O–H groups in total. The topological polar surface area (TPSA) is 90.5 Å². The number of rotatable bonds is 5. The van der Waals surface area contributed by atoms with E-state index >= 15 is 0 Å². The number of piperidine rings is 1. The van der Waals surface area contributed by atoms with Crippen molar-refractivity contribution in [3.8, 4) is 16.9 Å². The lowest BCUT2D eigenvalue weighted by molar-refractivity contribution is -0.0122. The molecule has 0 aliphatic carbocycles. The van der Waals surface area contributed by atoms with Gasteiger partial charge in [-0.25, -0.2) is 4.52 Å². The minimum atomic E-state index is -0.567. The minimum Gasteiger partial charge on any atom is -0.488 e. The molecule has 2 aliphatic rings. The zero-order valence-corrected chi connectivity index (χ0v) is 19.0. The second kappa shape index (κ2) is 8.37. The number of nitrogens with zero attached hydrogens (tertiary/aromatic N) is 5. The zero-order valence-electron chi connectivity index (χ0n) is 19.0. The first kappa shape index (κ1) is 21.1. The second-order valence-corrected chi connectivity index (χ2v) is 9.08. The molecule has 1 unspecified atom stereocenters. The van der Waals surface area contributed by atoms with E-state index in [-0.39, 0.29) is 11.8 Å². The molecule has 2 aliphatic heterocycles. The van der Waals surface area contributed by atoms with Crippen molar-refractivity contribution in [3.05, 3.63) is 54.5 Å². The molecule has 2 fully saturated rings. The normalized spacial score (nSPS) is 22.1. The lowest BCUT2D eigenvalue weighted by Gasteiger charge is -2.40. The summed E-state index contributed by atoms with van der Waals surface area (Å²) in [5.74, 6) is 0.744. The summed E-state index contributed by atoms with van der Waals surface area (Å²) in [6.07, 6.45) is 7.22. The quantitative estimate of drug-likeness (QED) is 0.470. The number of hydrogen-bond acceptors (Lipinski definition) is 7. The first-order chi connectivity index (χ1) is 16.5. The second-order valence-electron chi connectivity index (χ2n) is 9.08. The van der Waals surface area contributed by atoms with Crippen molar-refractivity contribution >= 4 is 17.0 Å². The van der Waals surface area contributed by atoms with Crippen molar-refractivity contribution < 1.29 is 13.9 Å². The molecule has 4 aromatic rings. The van der Waals surface area contributed by atoms with Gasteiger partial charge in [0.05, 0.1) is 31.1 Å². The highest BCUT2D eigenvalue weighted by molar-refractivity contribution is 5.75. The Kier molecular flexibility index (Phi) is 5.19. The molecule has 9 nitrogen and oxygen atoms in total. The van der Waals surface area contributed by atoms with Crippen LogP contribution in [-0.4, -0.2) is 55.8 Å². The Labute approximate surface area is 195 Å². The number of anilines is 2. The lowest BCUT2D eigenvalue weighted by atomic mass is 9.94. The van der Waals surface area contributed by atoms with Crippen LogP contribution in [0, 0.1) is 12.9 Å². The van der Waals surface area contributed by atoms with Gasteiger partial charge in [0, 0.05) is 55.5 Å². The molecule has 6 rings (SSSR count). The van der Waals surface area contributed by atoms with Crippen molar-refractivity contribution in [2.24, 2.45) is 7.05 Å². The molecule has 0 saturated carbocycles. The van der Waals surface area contributed by atoms with E-state index in [0.717, 1.165) is 54.1 Å². The number of pyridine rings is 2. The fourth-order valence-electron chi connectivity index (χ4n) is 4.83. The van der Waals surface area contributed by atoms with Gasteiger partial charge in [-0.15, -0.1) is 5.10 Å². The molecule has 6 heterocycles. The van der Waals surface area contributed by atoms with Gasteiger partial charge in [-0.05, 0) is 30.7 Å². The maximum atomic E-state index is 13.9. The fourth-order valence-corrected chi connectivity index (χ4v) is 4.83. The van der Waals surface area contributed by atoms with Gasteiger partial charge in [0.2, 0.25) is 0 Å². The van der Waals surface area contributed by atoms with Crippen molar-refractivity contribution in [2.45, 2.75) is 38.0 Å². The van der Waals surface area contributed by atoms with Crippen LogP contribution in [0.3, 0.4) is 0 Å². The van der Waals surface area contributed by atoms with Crippen LogP contribution in [-0.2, 0) is 11.8 Å². The highest BCUT2D eigenvalue weighted by atomic mass is 19.1. The van der Waals surface area contributed by atoms with Crippen molar-refractivity contribution in [3.63, 3.8) is 0 Å². The third-order valence-corrected chi connectivity index (χ3v) is 6.32. The number of nitrogens with one attached hydrogen (secondary N) is 2. The van der Waals surface area contributed by atoms with E-state index < -0.39 is 5.95 Å². The van der Waals surface area contributed by atoms with Crippen molar-refractivity contribution in [2.75, 3.05) is 18.5 Å². The highest BCUT2D eigenvalue weighted by Crippen LogP contribution is 2.34. The number of ether oxygens (including phenoxy) is 2. The summed E-state index contributed by atoms with van der Waals surface area (Å²) in [5.41, 5.74) is 4.07. The van der Waals surface area contributed by atoms with E-state index in [0.29, 0.717) is 17.9 Å². The fraction of sp³-hybridized carbons (Fsp3) is 0.375. The van der Waals surface area contributed by atoms with Gasteiger partial charge in [0.25, 0.3) is 5.95 Å². The van der Waals surface area contributed by atoms with Crippen LogP contribution in [0.1, 0.15) is 18.5 Å². The molecule has 0 aromatic carbocycles. The van der Waals surface area contributed by atoms with Gasteiger partial charge >= 0.3 is 0 Å². The van der Waals surface area contributed by atoms with Crippen LogP contribution < -0.4 is 15.4 Å². The number of fused-ring (bicyclic) bond motifs is 3. The maximum Gasteiger partial charge on any atom is 0.256 e. The Balaban J connectivity index is 1.29. The van der Waals surface area contributed by atoms with E-state index in [4.69, 9.17) is 9.47 Å². The minimum absolute atomic E-state index is 0.118. The van der Waals surface area contributed by atoms with Crippen LogP contribution in [0.15, 0.2) is 42.9 Å². The van der Waals surface area contributed by atoms with Gasteiger partial charge < -0.3 is 20.1 Å². The highest BCUT2D eigenvalue weighted by Gasteiger charge is 2.33. The van der Waals surface area contributed by atoms with Crippen molar-refractivity contribution in [1.29, 1.82) is 0 Å². The average molecular weight is 464 g/mol. The third-order valence-electron chi connectivity index (χ3n) is 6.32.